The summed E-state index contributed by atoms with van der Waals surface area (Å²) in [5.41, 5.74) is 0.272. The van der Waals surface area contributed by atoms with Crippen LogP contribution < -0.4 is 10.1 Å². The van der Waals surface area contributed by atoms with Gasteiger partial charge >= 0.3 is 5.69 Å². The van der Waals surface area contributed by atoms with Gasteiger partial charge in [0.05, 0.1) is 11.0 Å². The van der Waals surface area contributed by atoms with E-state index in [9.17, 15) is 19.3 Å². The number of rotatable bonds is 6. The first-order valence-corrected chi connectivity index (χ1v) is 7.77. The lowest BCUT2D eigenvalue weighted by Gasteiger charge is -2.15. The number of nitrogens with zero attached hydrogens (tertiary/aromatic N) is 1. The molecule has 24 heavy (non-hydrogen) atoms. The molecule has 8 heteroatoms. The maximum Gasteiger partial charge on any atom is 0.305 e. The highest BCUT2D eigenvalue weighted by molar-refractivity contribution is 9.10. The SMILES string of the molecule is CC(NC(=O)COc1ccc([N+](=O)[O-])c(F)c1)c1cccc(Br)c1. The van der Waals surface area contributed by atoms with Gasteiger partial charge in [0, 0.05) is 16.6 Å². The lowest BCUT2D eigenvalue weighted by atomic mass is 10.1. The van der Waals surface area contributed by atoms with Crippen LogP contribution >= 0.6 is 15.9 Å². The molecule has 0 saturated carbocycles. The van der Waals surface area contributed by atoms with Crippen molar-refractivity contribution in [2.75, 3.05) is 6.61 Å². The van der Waals surface area contributed by atoms with Crippen LogP contribution in [0.4, 0.5) is 10.1 Å². The minimum atomic E-state index is -1.01. The predicted molar refractivity (Wildman–Crippen MR) is 89.2 cm³/mol. The summed E-state index contributed by atoms with van der Waals surface area (Å²) in [7, 11) is 0. The third-order valence-corrected chi connectivity index (χ3v) is 3.71. The molecular formula is C16H14BrFN2O4. The summed E-state index contributed by atoms with van der Waals surface area (Å²) in [5, 5.41) is 13.3. The summed E-state index contributed by atoms with van der Waals surface area (Å²) in [6.07, 6.45) is 0. The Balaban J connectivity index is 1.91. The molecule has 2 aromatic carbocycles. The monoisotopic (exact) mass is 396 g/mol. The second-order valence-corrected chi connectivity index (χ2v) is 5.92. The predicted octanol–water partition coefficient (Wildman–Crippen LogP) is 3.75. The number of ether oxygens (including phenoxy) is 1. The van der Waals surface area contributed by atoms with Gasteiger partial charge < -0.3 is 10.1 Å². The van der Waals surface area contributed by atoms with Gasteiger partial charge in [-0.1, -0.05) is 28.1 Å². The largest absolute Gasteiger partial charge is 0.484 e. The van der Waals surface area contributed by atoms with Crippen molar-refractivity contribution in [1.29, 1.82) is 0 Å². The fourth-order valence-electron chi connectivity index (χ4n) is 2.02. The van der Waals surface area contributed by atoms with Gasteiger partial charge in [-0.2, -0.15) is 4.39 Å². The second-order valence-electron chi connectivity index (χ2n) is 5.00. The Bertz CT molecular complexity index is 769. The summed E-state index contributed by atoms with van der Waals surface area (Å²) < 4.78 is 19.5. The normalized spacial score (nSPS) is 11.6. The fourth-order valence-corrected chi connectivity index (χ4v) is 2.43. The molecule has 0 fully saturated rings. The van der Waals surface area contributed by atoms with Gasteiger partial charge in [0.15, 0.2) is 6.61 Å². The van der Waals surface area contributed by atoms with Crippen molar-refractivity contribution in [2.45, 2.75) is 13.0 Å². The average molecular weight is 397 g/mol. The van der Waals surface area contributed by atoms with Gasteiger partial charge in [-0.3, -0.25) is 14.9 Å². The van der Waals surface area contributed by atoms with Gasteiger partial charge in [0.2, 0.25) is 5.82 Å². The van der Waals surface area contributed by atoms with Crippen LogP contribution in [0, 0.1) is 15.9 Å². The Labute approximate surface area is 145 Å². The number of benzene rings is 2. The maximum absolute atomic E-state index is 13.5. The number of carbonyl (C=O) groups excluding carboxylic acids is 1. The van der Waals surface area contributed by atoms with E-state index in [1.807, 2.05) is 31.2 Å². The number of amides is 1. The van der Waals surface area contributed by atoms with E-state index < -0.39 is 16.4 Å². The first-order chi connectivity index (χ1) is 11.4. The zero-order valence-electron chi connectivity index (χ0n) is 12.7. The highest BCUT2D eigenvalue weighted by atomic mass is 79.9. The number of hydrogen-bond acceptors (Lipinski definition) is 4. The van der Waals surface area contributed by atoms with E-state index in [2.05, 4.69) is 21.2 Å². The number of hydrogen-bond donors (Lipinski definition) is 1. The molecule has 0 heterocycles. The van der Waals surface area contributed by atoms with Crippen molar-refractivity contribution in [1.82, 2.24) is 5.32 Å². The number of nitrogens with one attached hydrogen (secondary N) is 1. The summed E-state index contributed by atoms with van der Waals surface area (Å²) in [5.74, 6) is -1.36. The average Bonchev–Trinajstić information content (AvgIpc) is 2.52. The molecule has 0 spiro atoms. The van der Waals surface area contributed by atoms with E-state index in [0.717, 1.165) is 22.2 Å². The van der Waals surface area contributed by atoms with Crippen molar-refractivity contribution in [3.8, 4) is 5.75 Å². The second kappa shape index (κ2) is 7.87. The van der Waals surface area contributed by atoms with Crippen LogP contribution in [-0.4, -0.2) is 17.4 Å². The maximum atomic E-state index is 13.5. The molecule has 1 amide bonds. The molecule has 1 N–H and O–H groups in total. The molecule has 0 radical (unpaired) electrons. The van der Waals surface area contributed by atoms with Crippen LogP contribution in [0.1, 0.15) is 18.5 Å². The highest BCUT2D eigenvalue weighted by Gasteiger charge is 2.15. The van der Waals surface area contributed by atoms with Crippen molar-refractivity contribution < 1.29 is 18.8 Å². The topological polar surface area (TPSA) is 81.5 Å². The molecule has 2 aromatic rings. The number of halogens is 2. The van der Waals surface area contributed by atoms with Crippen LogP contribution in [0.15, 0.2) is 46.9 Å². The van der Waals surface area contributed by atoms with E-state index in [0.29, 0.717) is 0 Å². The van der Waals surface area contributed by atoms with E-state index >= 15 is 0 Å². The van der Waals surface area contributed by atoms with Gasteiger partial charge in [0.25, 0.3) is 5.91 Å². The summed E-state index contributed by atoms with van der Waals surface area (Å²) in [4.78, 5) is 21.6. The Hall–Kier alpha value is -2.48. The molecular weight excluding hydrogens is 383 g/mol. The standard InChI is InChI=1S/C16H14BrFN2O4/c1-10(11-3-2-4-12(17)7-11)19-16(21)9-24-13-5-6-15(20(22)23)14(18)8-13/h2-8,10H,9H2,1H3,(H,19,21). The molecule has 1 unspecified atom stereocenters. The Kier molecular flexibility index (Phi) is 5.86. The van der Waals surface area contributed by atoms with E-state index in [-0.39, 0.29) is 24.3 Å². The van der Waals surface area contributed by atoms with E-state index in [4.69, 9.17) is 4.74 Å². The molecule has 0 aliphatic carbocycles. The molecule has 6 nitrogen and oxygen atoms in total. The smallest absolute Gasteiger partial charge is 0.305 e. The molecule has 0 saturated heterocycles. The first kappa shape index (κ1) is 17.9. The van der Waals surface area contributed by atoms with Crippen molar-refractivity contribution in [2.24, 2.45) is 0 Å². The van der Waals surface area contributed by atoms with Crippen LogP contribution in [0.2, 0.25) is 0 Å². The summed E-state index contributed by atoms with van der Waals surface area (Å²) in [6, 6.07) is 10.4. The molecule has 0 aliphatic rings. The van der Waals surface area contributed by atoms with E-state index in [1.165, 1.54) is 6.07 Å². The Morgan fingerprint density at radius 3 is 2.75 bits per heavy atom. The van der Waals surface area contributed by atoms with Crippen molar-refractivity contribution in [3.05, 3.63) is 68.4 Å². The number of nitro groups is 1. The zero-order valence-corrected chi connectivity index (χ0v) is 14.2. The molecule has 2 rings (SSSR count). The molecule has 0 aromatic heterocycles. The van der Waals surface area contributed by atoms with Gasteiger partial charge in [0.1, 0.15) is 5.75 Å². The van der Waals surface area contributed by atoms with Gasteiger partial charge in [-0.15, -0.1) is 0 Å². The van der Waals surface area contributed by atoms with Gasteiger partial charge in [-0.05, 0) is 30.7 Å². The quantitative estimate of drug-likeness (QED) is 0.595. The lowest BCUT2D eigenvalue weighted by molar-refractivity contribution is -0.387. The fraction of sp³-hybridized carbons (Fsp3) is 0.188. The summed E-state index contributed by atoms with van der Waals surface area (Å²) >= 11 is 3.36. The van der Waals surface area contributed by atoms with Crippen molar-refractivity contribution >= 4 is 27.5 Å². The lowest BCUT2D eigenvalue weighted by Crippen LogP contribution is -2.31. The third-order valence-electron chi connectivity index (χ3n) is 3.21. The molecule has 0 bridgehead atoms. The molecule has 1 atom stereocenters. The number of carbonyl (C=O) groups is 1. The van der Waals surface area contributed by atoms with Crippen molar-refractivity contribution in [3.63, 3.8) is 0 Å². The Morgan fingerprint density at radius 2 is 2.12 bits per heavy atom. The van der Waals surface area contributed by atoms with Crippen LogP contribution in [0.5, 0.6) is 5.75 Å². The van der Waals surface area contributed by atoms with E-state index in [1.54, 1.807) is 0 Å². The summed E-state index contributed by atoms with van der Waals surface area (Å²) in [6.45, 7) is 1.50. The molecule has 0 aliphatic heterocycles. The van der Waals surface area contributed by atoms with Crippen LogP contribution in [0.3, 0.4) is 0 Å². The molecule has 126 valence electrons. The van der Waals surface area contributed by atoms with Crippen LogP contribution in [-0.2, 0) is 4.79 Å². The zero-order chi connectivity index (χ0) is 17.7. The Morgan fingerprint density at radius 1 is 1.38 bits per heavy atom. The first-order valence-electron chi connectivity index (χ1n) is 6.98. The van der Waals surface area contributed by atoms with Crippen LogP contribution in [0.25, 0.3) is 0 Å². The minimum absolute atomic E-state index is 0.0448. The number of nitro benzene ring substituents is 1. The minimum Gasteiger partial charge on any atom is -0.484 e. The third kappa shape index (κ3) is 4.76. The highest BCUT2D eigenvalue weighted by Crippen LogP contribution is 2.22. The van der Waals surface area contributed by atoms with Gasteiger partial charge in [-0.25, -0.2) is 0 Å².